The maximum absolute atomic E-state index is 6.31. The van der Waals surface area contributed by atoms with Gasteiger partial charge in [-0.15, -0.1) is 0 Å². The van der Waals surface area contributed by atoms with Crippen LogP contribution in [0.5, 0.6) is 0 Å². The Morgan fingerprint density at radius 3 is 2.20 bits per heavy atom. The Bertz CT molecular complexity index is 1180. The molecule has 6 rings (SSSR count). The zero-order valence-electron chi connectivity index (χ0n) is 20.6. The van der Waals surface area contributed by atoms with Gasteiger partial charge >= 0.3 is 0 Å². The molecule has 3 aromatic carbocycles. The standard InChI is InChI=1S/C28H32O7/c1-26(2)32-16-28(35-26)25(24-23(15-31-28)33-27(3,4)34-24)30-17-29-14-22-20-11-7-5-9-18(20)13-19-10-6-8-12-21(19)22/h5-13,23-25H,14-17H2,1-4H3/t23-,24-,25+,28+/m1/s1. The predicted molar refractivity (Wildman–Crippen MR) is 130 cm³/mol. The lowest BCUT2D eigenvalue weighted by Crippen LogP contribution is -2.62. The molecule has 0 N–H and O–H groups in total. The van der Waals surface area contributed by atoms with Crippen LogP contribution in [0.1, 0.15) is 33.3 Å². The SMILES string of the molecule is CC1(C)O[C@@H]2[C@@H](CO[C@]3(COC(C)(C)O3)[C@H]2OCOCc2c3ccccc3cc3ccccc23)O1. The highest BCUT2D eigenvalue weighted by molar-refractivity contribution is 6.02. The van der Waals surface area contributed by atoms with Crippen LogP contribution >= 0.6 is 0 Å². The third kappa shape index (κ3) is 4.25. The molecule has 0 amide bonds. The minimum absolute atomic E-state index is 0.0458. The van der Waals surface area contributed by atoms with E-state index < -0.39 is 23.5 Å². The molecule has 3 fully saturated rings. The van der Waals surface area contributed by atoms with E-state index >= 15 is 0 Å². The van der Waals surface area contributed by atoms with Crippen LogP contribution in [-0.2, 0) is 39.8 Å². The van der Waals surface area contributed by atoms with Crippen molar-refractivity contribution >= 4 is 21.5 Å². The summed E-state index contributed by atoms with van der Waals surface area (Å²) in [6.07, 6.45) is -1.19. The molecule has 3 saturated heterocycles. The molecule has 35 heavy (non-hydrogen) atoms. The van der Waals surface area contributed by atoms with Crippen LogP contribution in [0.2, 0.25) is 0 Å². The molecule has 0 bridgehead atoms. The molecule has 1 spiro atoms. The Morgan fingerprint density at radius 1 is 0.857 bits per heavy atom. The molecule has 0 radical (unpaired) electrons. The minimum Gasteiger partial charge on any atom is -0.351 e. The third-order valence-corrected chi connectivity index (χ3v) is 6.94. The molecule has 4 atom stereocenters. The Labute approximate surface area is 205 Å². The highest BCUT2D eigenvalue weighted by Gasteiger charge is 2.63. The monoisotopic (exact) mass is 480 g/mol. The van der Waals surface area contributed by atoms with Gasteiger partial charge in [0.1, 0.15) is 31.7 Å². The van der Waals surface area contributed by atoms with Crippen molar-refractivity contribution in [3.63, 3.8) is 0 Å². The average molecular weight is 481 g/mol. The van der Waals surface area contributed by atoms with E-state index in [4.69, 9.17) is 33.2 Å². The fraction of sp³-hybridized carbons (Fsp3) is 0.500. The third-order valence-electron chi connectivity index (χ3n) is 6.94. The number of fused-ring (bicyclic) bond motifs is 3. The Balaban J connectivity index is 1.23. The second-order valence-corrected chi connectivity index (χ2v) is 10.4. The lowest BCUT2D eigenvalue weighted by Gasteiger charge is -2.43. The first-order valence-electron chi connectivity index (χ1n) is 12.2. The van der Waals surface area contributed by atoms with Crippen LogP contribution in [0, 0.1) is 0 Å². The number of hydrogen-bond acceptors (Lipinski definition) is 7. The number of benzene rings is 3. The van der Waals surface area contributed by atoms with Gasteiger partial charge < -0.3 is 33.2 Å². The van der Waals surface area contributed by atoms with Crippen LogP contribution < -0.4 is 0 Å². The summed E-state index contributed by atoms with van der Waals surface area (Å²) in [4.78, 5) is 0. The van der Waals surface area contributed by atoms with Gasteiger partial charge in [-0.05, 0) is 60.9 Å². The van der Waals surface area contributed by atoms with Crippen molar-refractivity contribution in [3.8, 4) is 0 Å². The van der Waals surface area contributed by atoms with E-state index in [1.807, 2.05) is 27.7 Å². The molecule has 7 nitrogen and oxygen atoms in total. The summed E-state index contributed by atoms with van der Waals surface area (Å²) >= 11 is 0. The molecule has 3 heterocycles. The van der Waals surface area contributed by atoms with Crippen LogP contribution in [-0.4, -0.2) is 55.7 Å². The fourth-order valence-electron chi connectivity index (χ4n) is 5.52. The van der Waals surface area contributed by atoms with Gasteiger partial charge in [-0.3, -0.25) is 0 Å². The Kier molecular flexibility index (Phi) is 5.65. The first-order valence-corrected chi connectivity index (χ1v) is 12.2. The van der Waals surface area contributed by atoms with E-state index in [1.165, 1.54) is 21.5 Å². The Hall–Kier alpha value is -2.10. The van der Waals surface area contributed by atoms with Gasteiger partial charge in [-0.25, -0.2) is 0 Å². The summed E-state index contributed by atoms with van der Waals surface area (Å²) < 4.78 is 43.0. The Morgan fingerprint density at radius 2 is 1.54 bits per heavy atom. The van der Waals surface area contributed by atoms with E-state index in [2.05, 4.69) is 54.6 Å². The lowest BCUT2D eigenvalue weighted by molar-refractivity contribution is -0.343. The molecule has 186 valence electrons. The van der Waals surface area contributed by atoms with Crippen LogP contribution in [0.3, 0.4) is 0 Å². The van der Waals surface area contributed by atoms with E-state index in [9.17, 15) is 0 Å². The first kappa shape index (κ1) is 23.3. The van der Waals surface area contributed by atoms with Gasteiger partial charge in [0.2, 0.25) is 5.79 Å². The maximum Gasteiger partial charge on any atom is 0.224 e. The van der Waals surface area contributed by atoms with Gasteiger partial charge in [0.15, 0.2) is 11.6 Å². The van der Waals surface area contributed by atoms with Gasteiger partial charge in [0.05, 0.1) is 13.2 Å². The quantitative estimate of drug-likeness (QED) is 0.293. The molecule has 7 heteroatoms. The van der Waals surface area contributed by atoms with Gasteiger partial charge in [0, 0.05) is 0 Å². The van der Waals surface area contributed by atoms with Crippen molar-refractivity contribution in [3.05, 3.63) is 60.2 Å². The fourth-order valence-corrected chi connectivity index (χ4v) is 5.52. The predicted octanol–water partition coefficient (Wildman–Crippen LogP) is 4.88. The minimum atomic E-state index is -1.08. The number of rotatable bonds is 5. The summed E-state index contributed by atoms with van der Waals surface area (Å²) in [6, 6.07) is 19.0. The molecule has 0 saturated carbocycles. The molecule has 0 aliphatic carbocycles. The summed E-state index contributed by atoms with van der Waals surface area (Å²) in [5.74, 6) is -2.60. The number of ether oxygens (including phenoxy) is 7. The van der Waals surface area contributed by atoms with E-state index in [-0.39, 0.29) is 25.6 Å². The highest BCUT2D eigenvalue weighted by atomic mass is 16.9. The van der Waals surface area contributed by atoms with Gasteiger partial charge in [0.25, 0.3) is 0 Å². The summed E-state index contributed by atoms with van der Waals surface area (Å²) in [5, 5.41) is 4.72. The van der Waals surface area contributed by atoms with Crippen molar-refractivity contribution < 1.29 is 33.2 Å². The van der Waals surface area contributed by atoms with Crippen LogP contribution in [0.15, 0.2) is 54.6 Å². The van der Waals surface area contributed by atoms with Crippen LogP contribution in [0.25, 0.3) is 21.5 Å². The molecular formula is C28H32O7. The first-order chi connectivity index (χ1) is 16.8. The zero-order chi connectivity index (χ0) is 24.3. The smallest absolute Gasteiger partial charge is 0.224 e. The average Bonchev–Trinajstić information content (AvgIpc) is 3.31. The normalized spacial score (nSPS) is 31.4. The second-order valence-electron chi connectivity index (χ2n) is 10.4. The lowest BCUT2D eigenvalue weighted by atomic mass is 9.97. The van der Waals surface area contributed by atoms with Crippen molar-refractivity contribution in [1.29, 1.82) is 0 Å². The van der Waals surface area contributed by atoms with E-state index in [0.29, 0.717) is 13.2 Å². The van der Waals surface area contributed by atoms with Crippen molar-refractivity contribution in [2.45, 2.75) is 70.0 Å². The van der Waals surface area contributed by atoms with Gasteiger partial charge in [-0.1, -0.05) is 48.5 Å². The summed E-state index contributed by atoms with van der Waals surface area (Å²) in [5.41, 5.74) is 1.14. The number of hydrogen-bond donors (Lipinski definition) is 0. The molecule has 3 aliphatic rings. The highest BCUT2D eigenvalue weighted by Crippen LogP contribution is 2.45. The molecule has 0 unspecified atom stereocenters. The molecular weight excluding hydrogens is 448 g/mol. The van der Waals surface area contributed by atoms with Gasteiger partial charge in [-0.2, -0.15) is 0 Å². The van der Waals surface area contributed by atoms with Crippen LogP contribution in [0.4, 0.5) is 0 Å². The van der Waals surface area contributed by atoms with Crippen molar-refractivity contribution in [2.75, 3.05) is 20.0 Å². The van der Waals surface area contributed by atoms with Crippen molar-refractivity contribution in [2.24, 2.45) is 0 Å². The van der Waals surface area contributed by atoms with E-state index in [1.54, 1.807) is 0 Å². The molecule has 3 aromatic rings. The molecule has 3 aliphatic heterocycles. The maximum atomic E-state index is 6.31. The topological polar surface area (TPSA) is 64.6 Å². The van der Waals surface area contributed by atoms with Crippen molar-refractivity contribution in [1.82, 2.24) is 0 Å². The largest absolute Gasteiger partial charge is 0.351 e. The summed E-state index contributed by atoms with van der Waals surface area (Å²) in [7, 11) is 0. The zero-order valence-corrected chi connectivity index (χ0v) is 20.6. The summed E-state index contributed by atoms with van der Waals surface area (Å²) in [6.45, 7) is 8.56. The van der Waals surface area contributed by atoms with E-state index in [0.717, 1.165) is 5.56 Å². The second kappa shape index (κ2) is 8.49. The molecule has 0 aromatic heterocycles.